The van der Waals surface area contributed by atoms with Crippen molar-refractivity contribution in [3.05, 3.63) is 70.8 Å². The van der Waals surface area contributed by atoms with Crippen LogP contribution in [0.4, 0.5) is 10.1 Å². The maximum atomic E-state index is 14.7. The highest BCUT2D eigenvalue weighted by Gasteiger charge is 2.31. The van der Waals surface area contributed by atoms with Crippen LogP contribution >= 0.6 is 0 Å². The second-order valence-corrected chi connectivity index (χ2v) is 8.26. The number of ether oxygens (including phenoxy) is 1. The van der Waals surface area contributed by atoms with Crippen LogP contribution in [0.25, 0.3) is 27.9 Å². The second-order valence-electron chi connectivity index (χ2n) is 8.26. The van der Waals surface area contributed by atoms with E-state index in [4.69, 9.17) is 9.72 Å². The number of rotatable bonds is 4. The lowest BCUT2D eigenvalue weighted by Crippen LogP contribution is -2.08. The quantitative estimate of drug-likeness (QED) is 0.429. The first kappa shape index (κ1) is 20.3. The molecule has 8 nitrogen and oxygen atoms in total. The van der Waals surface area contributed by atoms with E-state index in [9.17, 15) is 9.65 Å². The van der Waals surface area contributed by atoms with Crippen LogP contribution in [0, 0.1) is 17.1 Å². The number of methoxy groups -OCH3 is 1. The van der Waals surface area contributed by atoms with Crippen molar-refractivity contribution in [2.75, 3.05) is 19.5 Å². The van der Waals surface area contributed by atoms with Gasteiger partial charge in [-0.15, -0.1) is 0 Å². The third kappa shape index (κ3) is 2.89. The number of benzene rings is 1. The Hall–Kier alpha value is -4.29. The van der Waals surface area contributed by atoms with Gasteiger partial charge in [0.1, 0.15) is 11.9 Å². The van der Waals surface area contributed by atoms with Crippen molar-refractivity contribution in [1.29, 1.82) is 5.26 Å². The highest BCUT2D eigenvalue weighted by molar-refractivity contribution is 5.92. The number of nitrogens with one attached hydrogen (secondary N) is 2. The number of pyridine rings is 1. The molecule has 0 saturated heterocycles. The zero-order valence-electron chi connectivity index (χ0n) is 18.6. The predicted octanol–water partition coefficient (Wildman–Crippen LogP) is 3.56. The number of halogens is 1. The smallest absolute Gasteiger partial charge is 0.316 e. The summed E-state index contributed by atoms with van der Waals surface area (Å²) in [6.45, 7) is 1.26. The molecule has 1 aromatic carbocycles. The molecule has 0 amide bonds. The Morgan fingerprint density at radius 1 is 1.12 bits per heavy atom. The lowest BCUT2D eigenvalue weighted by Gasteiger charge is -2.18. The Labute approximate surface area is 195 Å². The Morgan fingerprint density at radius 3 is 2.68 bits per heavy atom. The summed E-state index contributed by atoms with van der Waals surface area (Å²) in [5.74, 6) is -0.322. The van der Waals surface area contributed by atoms with E-state index in [0.717, 1.165) is 56.1 Å². The Balaban J connectivity index is 1.69. The van der Waals surface area contributed by atoms with E-state index in [2.05, 4.69) is 26.7 Å². The summed E-state index contributed by atoms with van der Waals surface area (Å²) in [5, 5.41) is 16.2. The zero-order chi connectivity index (χ0) is 23.4. The molecule has 168 valence electrons. The molecule has 0 atom stereocenters. The van der Waals surface area contributed by atoms with Crippen molar-refractivity contribution in [2.24, 2.45) is 0 Å². The van der Waals surface area contributed by atoms with E-state index >= 15 is 0 Å². The standard InChI is InChI=1S/C25H20FN7O/c1-28-20-4-15(26)3-17-16(20)5-21-23(17)24(33-12-13(6-27)18-9-29-11-22(18)33)19(10-30-21)14-7-31-25(34-2)32-8-14/h3-4,7-8,10,12,28-29H,5,9,11H2,1-2H3. The largest absolute Gasteiger partial charge is 0.467 e. The van der Waals surface area contributed by atoms with E-state index < -0.39 is 0 Å². The first-order valence-electron chi connectivity index (χ1n) is 10.9. The van der Waals surface area contributed by atoms with Crippen LogP contribution < -0.4 is 15.4 Å². The molecule has 0 saturated carbocycles. The maximum absolute atomic E-state index is 14.7. The van der Waals surface area contributed by atoms with Crippen molar-refractivity contribution in [3.8, 4) is 40.0 Å². The molecular weight excluding hydrogens is 433 g/mol. The normalized spacial score (nSPS) is 13.2. The summed E-state index contributed by atoms with van der Waals surface area (Å²) >= 11 is 0. The molecular formula is C25H20FN7O. The van der Waals surface area contributed by atoms with Gasteiger partial charge in [0.05, 0.1) is 24.1 Å². The van der Waals surface area contributed by atoms with Gasteiger partial charge in [-0.1, -0.05) is 0 Å². The van der Waals surface area contributed by atoms with Crippen LogP contribution in [0.1, 0.15) is 28.1 Å². The Morgan fingerprint density at radius 2 is 1.94 bits per heavy atom. The molecule has 0 fully saturated rings. The number of hydrogen-bond donors (Lipinski definition) is 2. The van der Waals surface area contributed by atoms with Gasteiger partial charge in [0.25, 0.3) is 0 Å². The highest BCUT2D eigenvalue weighted by Crippen LogP contribution is 2.47. The molecule has 4 heterocycles. The lowest BCUT2D eigenvalue weighted by molar-refractivity contribution is 0.380. The minimum atomic E-state index is -0.322. The molecule has 0 radical (unpaired) electrons. The minimum Gasteiger partial charge on any atom is -0.467 e. The van der Waals surface area contributed by atoms with Crippen molar-refractivity contribution in [1.82, 2.24) is 24.8 Å². The molecule has 3 aromatic heterocycles. The van der Waals surface area contributed by atoms with Gasteiger partial charge in [-0.3, -0.25) is 4.98 Å². The third-order valence-corrected chi connectivity index (χ3v) is 6.53. The SMILES string of the molecule is CNc1cc(F)cc2c1Cc1ncc(-c3cnc(OC)nc3)c(-n3cc(C#N)c4c3CNC4)c1-2. The predicted molar refractivity (Wildman–Crippen MR) is 124 cm³/mol. The van der Waals surface area contributed by atoms with E-state index in [0.29, 0.717) is 25.1 Å². The zero-order valence-corrected chi connectivity index (χ0v) is 18.6. The summed E-state index contributed by atoms with van der Waals surface area (Å²) in [6.07, 6.45) is 7.63. The average Bonchev–Trinajstić information content (AvgIpc) is 3.57. The number of fused-ring (bicyclic) bond motifs is 4. The van der Waals surface area contributed by atoms with Gasteiger partial charge in [0, 0.05) is 85.0 Å². The van der Waals surface area contributed by atoms with E-state index in [1.165, 1.54) is 13.2 Å². The summed E-state index contributed by atoms with van der Waals surface area (Å²) < 4.78 is 21.8. The molecule has 2 aliphatic rings. The van der Waals surface area contributed by atoms with Gasteiger partial charge in [-0.2, -0.15) is 5.26 Å². The summed E-state index contributed by atoms with van der Waals surface area (Å²) in [7, 11) is 3.30. The molecule has 0 bridgehead atoms. The number of anilines is 1. The fraction of sp³-hybridized carbons (Fsp3) is 0.200. The van der Waals surface area contributed by atoms with Crippen LogP contribution in [-0.2, 0) is 19.5 Å². The van der Waals surface area contributed by atoms with Crippen molar-refractivity contribution < 1.29 is 9.13 Å². The molecule has 4 aromatic rings. The van der Waals surface area contributed by atoms with Gasteiger partial charge < -0.3 is 19.9 Å². The third-order valence-electron chi connectivity index (χ3n) is 6.53. The fourth-order valence-corrected chi connectivity index (χ4v) is 5.00. The minimum absolute atomic E-state index is 0.267. The maximum Gasteiger partial charge on any atom is 0.316 e. The molecule has 0 unspecified atom stereocenters. The molecule has 0 spiro atoms. The monoisotopic (exact) mass is 453 g/mol. The molecule has 34 heavy (non-hydrogen) atoms. The van der Waals surface area contributed by atoms with Gasteiger partial charge >= 0.3 is 6.01 Å². The molecule has 1 aliphatic heterocycles. The Bertz CT molecular complexity index is 1500. The highest BCUT2D eigenvalue weighted by atomic mass is 19.1. The molecule has 2 N–H and O–H groups in total. The number of nitriles is 1. The summed E-state index contributed by atoms with van der Waals surface area (Å²) in [5.41, 5.74) is 9.25. The number of hydrogen-bond acceptors (Lipinski definition) is 7. The van der Waals surface area contributed by atoms with Crippen LogP contribution in [0.3, 0.4) is 0 Å². The second kappa shape index (κ2) is 7.64. The van der Waals surface area contributed by atoms with E-state index in [-0.39, 0.29) is 11.8 Å². The first-order valence-corrected chi connectivity index (χ1v) is 10.9. The average molecular weight is 453 g/mol. The van der Waals surface area contributed by atoms with Gasteiger partial charge in [-0.25, -0.2) is 14.4 Å². The van der Waals surface area contributed by atoms with Gasteiger partial charge in [0.15, 0.2) is 0 Å². The van der Waals surface area contributed by atoms with Crippen LogP contribution in [-0.4, -0.2) is 33.7 Å². The van der Waals surface area contributed by atoms with E-state index in [1.807, 2.05) is 10.8 Å². The van der Waals surface area contributed by atoms with Crippen molar-refractivity contribution in [3.63, 3.8) is 0 Å². The number of aromatic nitrogens is 4. The van der Waals surface area contributed by atoms with Crippen LogP contribution in [0.15, 0.2) is 36.9 Å². The topological polar surface area (TPSA) is 101 Å². The van der Waals surface area contributed by atoms with Crippen LogP contribution in [0.2, 0.25) is 0 Å². The van der Waals surface area contributed by atoms with Crippen LogP contribution in [0.5, 0.6) is 6.01 Å². The number of nitrogens with zero attached hydrogens (tertiary/aromatic N) is 5. The molecule has 6 rings (SSSR count). The van der Waals surface area contributed by atoms with Crippen molar-refractivity contribution in [2.45, 2.75) is 19.5 Å². The first-order chi connectivity index (χ1) is 16.6. The molecule has 1 aliphatic carbocycles. The van der Waals surface area contributed by atoms with Gasteiger partial charge in [-0.05, 0) is 23.3 Å². The molecule has 9 heteroatoms. The lowest BCUT2D eigenvalue weighted by atomic mass is 9.99. The van der Waals surface area contributed by atoms with Gasteiger partial charge in [0.2, 0.25) is 0 Å². The fourth-order valence-electron chi connectivity index (χ4n) is 5.00. The summed E-state index contributed by atoms with van der Waals surface area (Å²) in [4.78, 5) is 13.3. The Kier molecular flexibility index (Phi) is 4.57. The summed E-state index contributed by atoms with van der Waals surface area (Å²) in [6, 6.07) is 5.66. The van der Waals surface area contributed by atoms with E-state index in [1.54, 1.807) is 31.7 Å². The van der Waals surface area contributed by atoms with Crippen molar-refractivity contribution >= 4 is 5.69 Å².